The van der Waals surface area contributed by atoms with Gasteiger partial charge in [-0.25, -0.2) is 0 Å². The number of carbonyl (C=O) groups excluding carboxylic acids is 3. The molecule has 6 heteroatoms. The van der Waals surface area contributed by atoms with Crippen LogP contribution in [0.4, 0.5) is 5.69 Å². The number of benzene rings is 1. The van der Waals surface area contributed by atoms with Crippen molar-refractivity contribution in [1.29, 1.82) is 0 Å². The summed E-state index contributed by atoms with van der Waals surface area (Å²) in [7, 11) is 0. The predicted molar refractivity (Wildman–Crippen MR) is 104 cm³/mol. The number of unbranched alkanes of at least 4 members (excludes halogenated alkanes) is 5. The third kappa shape index (κ3) is 3.99. The van der Waals surface area contributed by atoms with Gasteiger partial charge < -0.3 is 10.6 Å². The van der Waals surface area contributed by atoms with Gasteiger partial charge in [0.05, 0.1) is 0 Å². The zero-order valence-electron chi connectivity index (χ0n) is 16.1. The minimum atomic E-state index is -0.568. The van der Waals surface area contributed by atoms with Crippen LogP contribution < -0.4 is 5.73 Å². The van der Waals surface area contributed by atoms with E-state index in [1.807, 2.05) is 0 Å². The summed E-state index contributed by atoms with van der Waals surface area (Å²) in [6.45, 7) is 2.98. The van der Waals surface area contributed by atoms with Crippen molar-refractivity contribution in [2.24, 2.45) is 0 Å². The summed E-state index contributed by atoms with van der Waals surface area (Å²) < 4.78 is 0. The number of hydrogen-bond acceptors (Lipinski definition) is 4. The number of likely N-dealkylation sites (tertiary alicyclic amines) is 1. The first-order valence-corrected chi connectivity index (χ1v) is 10.1. The van der Waals surface area contributed by atoms with Crippen molar-refractivity contribution in [2.75, 3.05) is 12.3 Å². The standard InChI is InChI=1S/C21H29N3O3/c1-2-3-4-5-6-7-13-23-19(25)12-11-18(21(23)27)24-14-16-15(20(24)26)9-8-10-17(16)22/h8-10,18H,2-7,11-14,22H2,1H3. The molecule has 1 fully saturated rings. The van der Waals surface area contributed by atoms with Gasteiger partial charge in [-0.3, -0.25) is 19.3 Å². The van der Waals surface area contributed by atoms with Crippen LogP contribution in [0.2, 0.25) is 0 Å². The minimum Gasteiger partial charge on any atom is -0.398 e. The van der Waals surface area contributed by atoms with Crippen molar-refractivity contribution in [3.05, 3.63) is 29.3 Å². The summed E-state index contributed by atoms with van der Waals surface area (Å²) in [5.41, 5.74) is 7.93. The maximum absolute atomic E-state index is 13.0. The van der Waals surface area contributed by atoms with E-state index in [4.69, 9.17) is 5.73 Å². The highest BCUT2D eigenvalue weighted by atomic mass is 16.2. The number of amides is 3. The second-order valence-electron chi connectivity index (χ2n) is 7.51. The Morgan fingerprint density at radius 1 is 1.07 bits per heavy atom. The highest BCUT2D eigenvalue weighted by Crippen LogP contribution is 2.32. The van der Waals surface area contributed by atoms with Crippen LogP contribution in [-0.4, -0.2) is 40.1 Å². The number of anilines is 1. The average molecular weight is 371 g/mol. The molecule has 0 aromatic heterocycles. The predicted octanol–water partition coefficient (Wildman–Crippen LogP) is 3.10. The van der Waals surface area contributed by atoms with E-state index in [0.29, 0.717) is 37.2 Å². The molecule has 3 rings (SSSR count). The summed E-state index contributed by atoms with van der Waals surface area (Å²) >= 11 is 0. The fourth-order valence-corrected chi connectivity index (χ4v) is 4.03. The highest BCUT2D eigenvalue weighted by Gasteiger charge is 2.42. The number of rotatable bonds is 8. The molecule has 2 N–H and O–H groups in total. The lowest BCUT2D eigenvalue weighted by Gasteiger charge is -2.35. The van der Waals surface area contributed by atoms with E-state index in [1.165, 1.54) is 24.2 Å². The van der Waals surface area contributed by atoms with Crippen LogP contribution in [0.1, 0.15) is 74.2 Å². The molecular weight excluding hydrogens is 342 g/mol. The van der Waals surface area contributed by atoms with Gasteiger partial charge in [-0.05, 0) is 25.0 Å². The topological polar surface area (TPSA) is 83.7 Å². The van der Waals surface area contributed by atoms with Crippen LogP contribution in [0.15, 0.2) is 18.2 Å². The Labute approximate surface area is 160 Å². The van der Waals surface area contributed by atoms with Gasteiger partial charge >= 0.3 is 0 Å². The molecule has 0 aliphatic carbocycles. The van der Waals surface area contributed by atoms with Crippen molar-refractivity contribution in [3.63, 3.8) is 0 Å². The van der Waals surface area contributed by atoms with Crippen LogP contribution in [0.5, 0.6) is 0 Å². The zero-order valence-corrected chi connectivity index (χ0v) is 16.1. The number of hydrogen-bond donors (Lipinski definition) is 1. The smallest absolute Gasteiger partial charge is 0.255 e. The minimum absolute atomic E-state index is 0.117. The molecule has 146 valence electrons. The number of nitrogen functional groups attached to an aromatic ring is 1. The number of fused-ring (bicyclic) bond motifs is 1. The lowest BCUT2D eigenvalue weighted by atomic mass is 10.0. The summed E-state index contributed by atoms with van der Waals surface area (Å²) in [5, 5.41) is 0. The van der Waals surface area contributed by atoms with Crippen molar-refractivity contribution in [1.82, 2.24) is 9.80 Å². The van der Waals surface area contributed by atoms with E-state index in [2.05, 4.69) is 6.92 Å². The Hall–Kier alpha value is -2.37. The molecule has 0 bridgehead atoms. The van der Waals surface area contributed by atoms with Crippen LogP contribution in [0.25, 0.3) is 0 Å². The molecule has 0 spiro atoms. The summed E-state index contributed by atoms with van der Waals surface area (Å²) in [5.74, 6) is -0.516. The fourth-order valence-electron chi connectivity index (χ4n) is 4.03. The largest absolute Gasteiger partial charge is 0.398 e. The Kier molecular flexibility index (Phi) is 6.14. The van der Waals surface area contributed by atoms with E-state index in [9.17, 15) is 14.4 Å². The third-order valence-corrected chi connectivity index (χ3v) is 5.63. The van der Waals surface area contributed by atoms with Gasteiger partial charge in [-0.15, -0.1) is 0 Å². The molecular formula is C21H29N3O3. The first kappa shape index (κ1) is 19.4. The fraction of sp³-hybridized carbons (Fsp3) is 0.571. The molecule has 3 amide bonds. The summed E-state index contributed by atoms with van der Waals surface area (Å²) in [6, 6.07) is 4.71. The van der Waals surface area contributed by atoms with E-state index in [-0.39, 0.29) is 17.7 Å². The number of nitrogens with two attached hydrogens (primary N) is 1. The lowest BCUT2D eigenvalue weighted by Crippen LogP contribution is -2.54. The van der Waals surface area contributed by atoms with Gasteiger partial charge in [0.1, 0.15) is 6.04 Å². The molecule has 1 saturated heterocycles. The van der Waals surface area contributed by atoms with Crippen molar-refractivity contribution in [3.8, 4) is 0 Å². The maximum atomic E-state index is 13.0. The number of imide groups is 1. The van der Waals surface area contributed by atoms with Gasteiger partial charge in [-0.1, -0.05) is 45.1 Å². The second kappa shape index (κ2) is 8.55. The van der Waals surface area contributed by atoms with Crippen LogP contribution in [-0.2, 0) is 16.1 Å². The highest BCUT2D eigenvalue weighted by molar-refractivity contribution is 6.06. The average Bonchev–Trinajstić information content (AvgIpc) is 2.99. The molecule has 27 heavy (non-hydrogen) atoms. The molecule has 1 atom stereocenters. The lowest BCUT2D eigenvalue weighted by molar-refractivity contribution is -0.152. The van der Waals surface area contributed by atoms with Crippen LogP contribution >= 0.6 is 0 Å². The van der Waals surface area contributed by atoms with Gasteiger partial charge in [-0.2, -0.15) is 0 Å². The van der Waals surface area contributed by atoms with Gasteiger partial charge in [0.25, 0.3) is 11.8 Å². The Morgan fingerprint density at radius 2 is 1.81 bits per heavy atom. The van der Waals surface area contributed by atoms with E-state index < -0.39 is 6.04 Å². The van der Waals surface area contributed by atoms with E-state index in [0.717, 1.165) is 24.8 Å². The summed E-state index contributed by atoms with van der Waals surface area (Å²) in [4.78, 5) is 40.9. The van der Waals surface area contributed by atoms with E-state index in [1.54, 1.807) is 23.1 Å². The zero-order chi connectivity index (χ0) is 19.4. The second-order valence-corrected chi connectivity index (χ2v) is 7.51. The third-order valence-electron chi connectivity index (χ3n) is 5.63. The first-order valence-electron chi connectivity index (χ1n) is 10.1. The molecule has 0 radical (unpaired) electrons. The number of nitrogens with zero attached hydrogens (tertiary/aromatic N) is 2. The molecule has 6 nitrogen and oxygen atoms in total. The van der Waals surface area contributed by atoms with Crippen LogP contribution in [0.3, 0.4) is 0 Å². The molecule has 0 saturated carbocycles. The molecule has 1 aromatic carbocycles. The molecule has 1 unspecified atom stereocenters. The van der Waals surface area contributed by atoms with Gasteiger partial charge in [0.15, 0.2) is 0 Å². The van der Waals surface area contributed by atoms with Crippen LogP contribution in [0, 0.1) is 0 Å². The van der Waals surface area contributed by atoms with E-state index >= 15 is 0 Å². The molecule has 2 heterocycles. The quantitative estimate of drug-likeness (QED) is 0.432. The number of piperidine rings is 1. The Morgan fingerprint density at radius 3 is 2.56 bits per heavy atom. The van der Waals surface area contributed by atoms with Gasteiger partial charge in [0, 0.05) is 36.3 Å². The summed E-state index contributed by atoms with van der Waals surface area (Å²) in [6.07, 6.45) is 7.30. The maximum Gasteiger partial charge on any atom is 0.255 e. The normalized spacial score (nSPS) is 19.7. The SMILES string of the molecule is CCCCCCCCN1C(=O)CCC(N2Cc3c(N)cccc3C2=O)C1=O. The molecule has 2 aliphatic heterocycles. The van der Waals surface area contributed by atoms with Crippen molar-refractivity contribution < 1.29 is 14.4 Å². The molecule has 1 aromatic rings. The van der Waals surface area contributed by atoms with Crippen molar-refractivity contribution in [2.45, 2.75) is 70.9 Å². The Balaban J connectivity index is 1.62. The molecule has 2 aliphatic rings. The Bertz CT molecular complexity index is 731. The first-order chi connectivity index (χ1) is 13.0. The van der Waals surface area contributed by atoms with Gasteiger partial charge in [0.2, 0.25) is 5.91 Å². The monoisotopic (exact) mass is 371 g/mol. The number of carbonyl (C=O) groups is 3. The van der Waals surface area contributed by atoms with Crippen molar-refractivity contribution >= 4 is 23.4 Å².